The molecule has 120 valence electrons. The van der Waals surface area contributed by atoms with Gasteiger partial charge in [-0.2, -0.15) is 0 Å². The molecular weight excluding hydrogens is 320 g/mol. The fourth-order valence-corrected chi connectivity index (χ4v) is 2.93. The Balaban J connectivity index is 1.71. The zero-order valence-electron chi connectivity index (χ0n) is 12.2. The molecule has 1 saturated carbocycles. The molecule has 2 atom stereocenters. The van der Waals surface area contributed by atoms with Gasteiger partial charge in [0, 0.05) is 22.7 Å². The molecule has 23 heavy (non-hydrogen) atoms. The third-order valence-corrected chi connectivity index (χ3v) is 4.27. The summed E-state index contributed by atoms with van der Waals surface area (Å²) in [6.07, 6.45) is 2.02. The first-order valence-electron chi connectivity index (χ1n) is 7.31. The Morgan fingerprint density at radius 1 is 1.26 bits per heavy atom. The third-order valence-electron chi connectivity index (χ3n) is 4.02. The molecular formula is C16H15ClN2O4. The van der Waals surface area contributed by atoms with Crippen molar-refractivity contribution in [2.45, 2.75) is 25.3 Å². The van der Waals surface area contributed by atoms with E-state index in [0.717, 1.165) is 12.0 Å². The Bertz CT molecular complexity index is 726. The first kappa shape index (κ1) is 15.6. The number of carbonyl (C=O) groups is 2. The number of hydrogen-bond acceptors (Lipinski definition) is 4. The fourth-order valence-electron chi connectivity index (χ4n) is 2.80. The van der Waals surface area contributed by atoms with Crippen LogP contribution in [0.5, 0.6) is 0 Å². The predicted octanol–water partition coefficient (Wildman–Crippen LogP) is 2.98. The van der Waals surface area contributed by atoms with Crippen molar-refractivity contribution >= 4 is 23.5 Å². The summed E-state index contributed by atoms with van der Waals surface area (Å²) in [6.45, 7) is 0. The van der Waals surface area contributed by atoms with Crippen LogP contribution in [0.15, 0.2) is 34.9 Å². The van der Waals surface area contributed by atoms with Gasteiger partial charge in [-0.05, 0) is 37.1 Å². The van der Waals surface area contributed by atoms with Gasteiger partial charge in [-0.1, -0.05) is 23.2 Å². The van der Waals surface area contributed by atoms with Crippen LogP contribution in [0.1, 0.15) is 29.8 Å². The minimum Gasteiger partial charge on any atom is -0.481 e. The van der Waals surface area contributed by atoms with Gasteiger partial charge in [-0.15, -0.1) is 0 Å². The van der Waals surface area contributed by atoms with E-state index < -0.39 is 17.8 Å². The van der Waals surface area contributed by atoms with Gasteiger partial charge in [0.25, 0.3) is 5.91 Å². The maximum Gasteiger partial charge on any atom is 0.308 e. The second-order valence-corrected chi connectivity index (χ2v) is 5.98. The molecule has 2 N–H and O–H groups in total. The molecule has 1 aliphatic rings. The van der Waals surface area contributed by atoms with E-state index in [1.165, 1.54) is 6.07 Å². The number of halogens is 1. The van der Waals surface area contributed by atoms with Gasteiger partial charge in [-0.25, -0.2) is 0 Å². The molecule has 1 aromatic heterocycles. The number of hydrogen-bond donors (Lipinski definition) is 2. The lowest BCUT2D eigenvalue weighted by Gasteiger charge is -2.16. The summed E-state index contributed by atoms with van der Waals surface area (Å²) in [6, 6.07) is 8.13. The second kappa shape index (κ2) is 6.42. The summed E-state index contributed by atoms with van der Waals surface area (Å²) in [5, 5.41) is 16.2. The van der Waals surface area contributed by atoms with Crippen molar-refractivity contribution in [1.82, 2.24) is 10.5 Å². The largest absolute Gasteiger partial charge is 0.481 e. The standard InChI is InChI=1S/C16H15ClN2O4/c17-10-6-4-9(5-7-10)14-8-13(19-23-14)15(20)18-12-3-1-2-11(12)16(21)22/h4-8,11-12H,1-3H2,(H,18,20)(H,21,22)/t11-,12+/m1/s1. The fraction of sp³-hybridized carbons (Fsp3) is 0.312. The summed E-state index contributed by atoms with van der Waals surface area (Å²) in [5.41, 5.74) is 0.885. The molecule has 3 rings (SSSR count). The molecule has 0 spiro atoms. The van der Waals surface area contributed by atoms with Crippen molar-refractivity contribution in [2.75, 3.05) is 0 Å². The molecule has 1 fully saturated rings. The number of carboxylic acid groups (broad SMARTS) is 1. The van der Waals surface area contributed by atoms with Crippen molar-refractivity contribution in [1.29, 1.82) is 0 Å². The average Bonchev–Trinajstić information content (AvgIpc) is 3.16. The van der Waals surface area contributed by atoms with E-state index in [0.29, 0.717) is 23.6 Å². The third kappa shape index (κ3) is 3.37. The maximum absolute atomic E-state index is 12.2. The monoisotopic (exact) mass is 334 g/mol. The molecule has 0 radical (unpaired) electrons. The van der Waals surface area contributed by atoms with E-state index in [4.69, 9.17) is 21.2 Å². The quantitative estimate of drug-likeness (QED) is 0.896. The van der Waals surface area contributed by atoms with E-state index in [1.807, 2.05) is 0 Å². The lowest BCUT2D eigenvalue weighted by molar-refractivity contribution is -0.142. The number of aliphatic carboxylic acids is 1. The van der Waals surface area contributed by atoms with Gasteiger partial charge in [0.05, 0.1) is 5.92 Å². The van der Waals surface area contributed by atoms with E-state index >= 15 is 0 Å². The highest BCUT2D eigenvalue weighted by atomic mass is 35.5. The normalized spacial score (nSPS) is 20.4. The maximum atomic E-state index is 12.2. The summed E-state index contributed by atoms with van der Waals surface area (Å²) in [7, 11) is 0. The van der Waals surface area contributed by atoms with Crippen LogP contribution in [-0.2, 0) is 4.79 Å². The number of carboxylic acids is 1. The molecule has 0 unspecified atom stereocenters. The summed E-state index contributed by atoms with van der Waals surface area (Å²) in [4.78, 5) is 23.4. The van der Waals surface area contributed by atoms with Crippen LogP contribution < -0.4 is 5.32 Å². The lowest BCUT2D eigenvalue weighted by atomic mass is 10.0. The molecule has 6 nitrogen and oxygen atoms in total. The SMILES string of the molecule is O=C(N[C@H]1CCC[C@H]1C(=O)O)c1cc(-c2ccc(Cl)cc2)on1. The van der Waals surface area contributed by atoms with Crippen molar-refractivity contribution in [3.05, 3.63) is 41.0 Å². The van der Waals surface area contributed by atoms with Crippen LogP contribution in [0.4, 0.5) is 0 Å². The van der Waals surface area contributed by atoms with Crippen molar-refractivity contribution < 1.29 is 19.2 Å². The molecule has 2 aromatic rings. The molecule has 0 aliphatic heterocycles. The molecule has 7 heteroatoms. The smallest absolute Gasteiger partial charge is 0.308 e. The second-order valence-electron chi connectivity index (χ2n) is 5.54. The minimum atomic E-state index is -0.880. The van der Waals surface area contributed by atoms with Crippen LogP contribution >= 0.6 is 11.6 Å². The molecule has 0 saturated heterocycles. The number of aromatic nitrogens is 1. The Kier molecular flexibility index (Phi) is 4.34. The summed E-state index contributed by atoms with van der Waals surface area (Å²) >= 11 is 5.83. The predicted molar refractivity (Wildman–Crippen MR) is 83.2 cm³/mol. The first-order valence-corrected chi connectivity index (χ1v) is 7.69. The van der Waals surface area contributed by atoms with Gasteiger partial charge < -0.3 is 14.9 Å². The molecule has 1 amide bonds. The number of benzene rings is 1. The first-order chi connectivity index (χ1) is 11.0. The number of amides is 1. The van der Waals surface area contributed by atoms with E-state index in [-0.39, 0.29) is 11.7 Å². The van der Waals surface area contributed by atoms with Gasteiger partial charge in [-0.3, -0.25) is 9.59 Å². The summed E-state index contributed by atoms with van der Waals surface area (Å²) in [5.74, 6) is -1.39. The molecule has 1 aliphatic carbocycles. The van der Waals surface area contributed by atoms with Crippen LogP contribution in [-0.4, -0.2) is 28.2 Å². The van der Waals surface area contributed by atoms with Crippen LogP contribution in [0.3, 0.4) is 0 Å². The molecule has 1 aromatic carbocycles. The van der Waals surface area contributed by atoms with Crippen LogP contribution in [0, 0.1) is 5.92 Å². The highest BCUT2D eigenvalue weighted by Crippen LogP contribution is 2.27. The number of nitrogens with one attached hydrogen (secondary N) is 1. The van der Waals surface area contributed by atoms with Crippen molar-refractivity contribution in [3.63, 3.8) is 0 Å². The Morgan fingerprint density at radius 3 is 2.70 bits per heavy atom. The Labute approximate surface area is 137 Å². The van der Waals surface area contributed by atoms with Crippen LogP contribution in [0.2, 0.25) is 5.02 Å². The Morgan fingerprint density at radius 2 is 2.00 bits per heavy atom. The van der Waals surface area contributed by atoms with Gasteiger partial charge in [0.2, 0.25) is 0 Å². The van der Waals surface area contributed by atoms with E-state index in [1.54, 1.807) is 24.3 Å². The number of rotatable bonds is 4. The average molecular weight is 335 g/mol. The van der Waals surface area contributed by atoms with Gasteiger partial charge >= 0.3 is 5.97 Å². The zero-order chi connectivity index (χ0) is 16.4. The molecule has 1 heterocycles. The van der Waals surface area contributed by atoms with Gasteiger partial charge in [0.1, 0.15) is 0 Å². The van der Waals surface area contributed by atoms with Crippen molar-refractivity contribution in [3.8, 4) is 11.3 Å². The number of nitrogens with zero attached hydrogens (tertiary/aromatic N) is 1. The lowest BCUT2D eigenvalue weighted by Crippen LogP contribution is -2.40. The Hall–Kier alpha value is -2.34. The summed E-state index contributed by atoms with van der Waals surface area (Å²) < 4.78 is 5.18. The van der Waals surface area contributed by atoms with E-state index in [2.05, 4.69) is 10.5 Å². The highest BCUT2D eigenvalue weighted by Gasteiger charge is 2.34. The highest BCUT2D eigenvalue weighted by molar-refractivity contribution is 6.30. The number of carbonyl (C=O) groups excluding carboxylic acids is 1. The van der Waals surface area contributed by atoms with Gasteiger partial charge in [0.15, 0.2) is 11.5 Å². The van der Waals surface area contributed by atoms with Crippen molar-refractivity contribution in [2.24, 2.45) is 5.92 Å². The zero-order valence-corrected chi connectivity index (χ0v) is 12.9. The van der Waals surface area contributed by atoms with Crippen LogP contribution in [0.25, 0.3) is 11.3 Å². The van der Waals surface area contributed by atoms with E-state index in [9.17, 15) is 9.59 Å². The topological polar surface area (TPSA) is 92.4 Å². The minimum absolute atomic E-state index is 0.131. The molecule has 0 bridgehead atoms.